The molecule has 19 heavy (non-hydrogen) atoms. The molecule has 5 heteroatoms. The summed E-state index contributed by atoms with van der Waals surface area (Å²) < 4.78 is 27.5. The van der Waals surface area contributed by atoms with E-state index in [0.717, 1.165) is 24.8 Å². The van der Waals surface area contributed by atoms with Crippen molar-refractivity contribution in [2.75, 3.05) is 0 Å². The zero-order chi connectivity index (χ0) is 13.6. The van der Waals surface area contributed by atoms with Gasteiger partial charge in [0.15, 0.2) is 0 Å². The van der Waals surface area contributed by atoms with Crippen molar-refractivity contribution >= 4 is 10.0 Å². The first-order valence-electron chi connectivity index (χ1n) is 6.82. The Morgan fingerprint density at radius 3 is 2.37 bits per heavy atom. The van der Waals surface area contributed by atoms with Gasteiger partial charge in [-0.2, -0.15) is 0 Å². The van der Waals surface area contributed by atoms with Gasteiger partial charge in [-0.05, 0) is 50.2 Å². The lowest BCUT2D eigenvalue weighted by atomic mass is 9.92. The molecule has 2 aliphatic carbocycles. The van der Waals surface area contributed by atoms with E-state index in [1.54, 1.807) is 12.1 Å². The van der Waals surface area contributed by atoms with Crippen molar-refractivity contribution in [3.8, 4) is 0 Å². The highest BCUT2D eigenvalue weighted by Gasteiger charge is 2.47. The summed E-state index contributed by atoms with van der Waals surface area (Å²) in [5.41, 5.74) is 7.20. The maximum absolute atomic E-state index is 12.4. The van der Waals surface area contributed by atoms with Crippen LogP contribution in [-0.4, -0.2) is 20.5 Å². The number of sulfonamides is 1. The first-order valence-corrected chi connectivity index (χ1v) is 8.30. The predicted molar refractivity (Wildman–Crippen MR) is 74.1 cm³/mol. The van der Waals surface area contributed by atoms with E-state index in [4.69, 9.17) is 5.73 Å². The third kappa shape index (κ3) is 2.30. The van der Waals surface area contributed by atoms with Crippen LogP contribution in [0.1, 0.15) is 24.8 Å². The van der Waals surface area contributed by atoms with Gasteiger partial charge in [-0.3, -0.25) is 0 Å². The van der Waals surface area contributed by atoms with Gasteiger partial charge in [0.05, 0.1) is 4.90 Å². The van der Waals surface area contributed by atoms with E-state index in [1.807, 2.05) is 19.1 Å². The van der Waals surface area contributed by atoms with Gasteiger partial charge >= 0.3 is 0 Å². The molecule has 0 spiro atoms. The Morgan fingerprint density at radius 2 is 1.79 bits per heavy atom. The Morgan fingerprint density at radius 1 is 1.16 bits per heavy atom. The van der Waals surface area contributed by atoms with Crippen molar-refractivity contribution in [3.05, 3.63) is 29.8 Å². The van der Waals surface area contributed by atoms with Gasteiger partial charge < -0.3 is 5.73 Å². The molecule has 0 aliphatic heterocycles. The van der Waals surface area contributed by atoms with E-state index >= 15 is 0 Å². The van der Waals surface area contributed by atoms with E-state index in [2.05, 4.69) is 4.72 Å². The highest BCUT2D eigenvalue weighted by molar-refractivity contribution is 7.89. The summed E-state index contributed by atoms with van der Waals surface area (Å²) in [6.07, 6.45) is 3.32. The zero-order valence-electron chi connectivity index (χ0n) is 11.0. The largest absolute Gasteiger partial charge is 0.326 e. The molecular formula is C14H20N2O2S. The molecule has 3 N–H and O–H groups in total. The van der Waals surface area contributed by atoms with Crippen LogP contribution in [-0.2, 0) is 10.0 Å². The normalized spacial score (nSPS) is 33.8. The standard InChI is InChI=1S/C14H20N2O2S/c1-9-2-6-12(7-3-9)19(17,18)16-14-11-5-4-10(8-11)13(14)15/h2-3,6-7,10-11,13-14,16H,4-5,8,15H2,1H3/t10-,11+,13-,14+/m1/s1. The number of nitrogens with two attached hydrogens (primary N) is 1. The minimum absolute atomic E-state index is 0.0287. The average Bonchev–Trinajstić information content (AvgIpc) is 2.93. The number of nitrogens with one attached hydrogen (secondary N) is 1. The molecule has 2 saturated carbocycles. The number of rotatable bonds is 3. The fourth-order valence-corrected chi connectivity index (χ4v) is 4.81. The van der Waals surface area contributed by atoms with Crippen molar-refractivity contribution in [3.63, 3.8) is 0 Å². The molecule has 1 aromatic rings. The number of hydrogen-bond acceptors (Lipinski definition) is 3. The molecule has 0 aromatic heterocycles. The number of benzene rings is 1. The second-order valence-electron chi connectivity index (χ2n) is 5.87. The molecule has 0 saturated heterocycles. The van der Waals surface area contributed by atoms with E-state index in [0.29, 0.717) is 16.7 Å². The van der Waals surface area contributed by atoms with Crippen LogP contribution in [0.4, 0.5) is 0 Å². The maximum atomic E-state index is 12.4. The first-order chi connectivity index (χ1) is 8.97. The van der Waals surface area contributed by atoms with Crippen LogP contribution in [0.3, 0.4) is 0 Å². The maximum Gasteiger partial charge on any atom is 0.240 e. The van der Waals surface area contributed by atoms with Gasteiger partial charge in [-0.1, -0.05) is 17.7 Å². The lowest BCUT2D eigenvalue weighted by Gasteiger charge is -2.28. The molecule has 2 fully saturated rings. The van der Waals surface area contributed by atoms with Crippen molar-refractivity contribution in [2.24, 2.45) is 17.6 Å². The smallest absolute Gasteiger partial charge is 0.240 e. The number of aryl methyl sites for hydroxylation is 1. The van der Waals surface area contributed by atoms with Crippen LogP contribution >= 0.6 is 0 Å². The Labute approximate surface area is 114 Å². The SMILES string of the molecule is Cc1ccc(S(=O)(=O)N[C@H]2[C@H]3CC[C@H](C3)[C@H]2N)cc1. The van der Waals surface area contributed by atoms with Crippen LogP contribution in [0.2, 0.25) is 0 Å². The minimum Gasteiger partial charge on any atom is -0.326 e. The molecule has 0 amide bonds. The monoisotopic (exact) mass is 280 g/mol. The summed E-state index contributed by atoms with van der Waals surface area (Å²) in [6, 6.07) is 6.81. The van der Waals surface area contributed by atoms with Crippen LogP contribution in [0, 0.1) is 18.8 Å². The van der Waals surface area contributed by atoms with Crippen LogP contribution in [0.25, 0.3) is 0 Å². The Kier molecular flexibility index (Phi) is 3.15. The average molecular weight is 280 g/mol. The van der Waals surface area contributed by atoms with Gasteiger partial charge in [0.25, 0.3) is 0 Å². The highest BCUT2D eigenvalue weighted by Crippen LogP contribution is 2.44. The second kappa shape index (κ2) is 4.58. The molecular weight excluding hydrogens is 260 g/mol. The minimum atomic E-state index is -3.45. The van der Waals surface area contributed by atoms with Crippen LogP contribution in [0.5, 0.6) is 0 Å². The van der Waals surface area contributed by atoms with Gasteiger partial charge in [0, 0.05) is 12.1 Å². The molecule has 4 atom stereocenters. The van der Waals surface area contributed by atoms with Crippen molar-refractivity contribution in [1.29, 1.82) is 0 Å². The molecule has 0 unspecified atom stereocenters. The third-order valence-electron chi connectivity index (χ3n) is 4.60. The van der Waals surface area contributed by atoms with E-state index in [1.165, 1.54) is 0 Å². The van der Waals surface area contributed by atoms with E-state index in [9.17, 15) is 8.42 Å². The van der Waals surface area contributed by atoms with Gasteiger partial charge in [0.2, 0.25) is 10.0 Å². The zero-order valence-corrected chi connectivity index (χ0v) is 11.9. The summed E-state index contributed by atoms with van der Waals surface area (Å²) in [5, 5.41) is 0. The molecule has 0 heterocycles. The van der Waals surface area contributed by atoms with Crippen molar-refractivity contribution in [1.82, 2.24) is 4.72 Å². The Hall–Kier alpha value is -0.910. The second-order valence-corrected chi connectivity index (χ2v) is 7.58. The van der Waals surface area contributed by atoms with Crippen molar-refractivity contribution in [2.45, 2.75) is 43.2 Å². The summed E-state index contributed by atoms with van der Waals surface area (Å²) in [6.45, 7) is 1.94. The van der Waals surface area contributed by atoms with Crippen molar-refractivity contribution < 1.29 is 8.42 Å². The lowest BCUT2D eigenvalue weighted by molar-refractivity contribution is 0.343. The Bertz CT molecular complexity index is 566. The third-order valence-corrected chi connectivity index (χ3v) is 6.08. The summed E-state index contributed by atoms with van der Waals surface area (Å²) >= 11 is 0. The van der Waals surface area contributed by atoms with E-state index in [-0.39, 0.29) is 12.1 Å². The van der Waals surface area contributed by atoms with Crippen LogP contribution in [0.15, 0.2) is 29.2 Å². The fraction of sp³-hybridized carbons (Fsp3) is 0.571. The molecule has 0 radical (unpaired) electrons. The van der Waals surface area contributed by atoms with E-state index < -0.39 is 10.0 Å². The number of fused-ring (bicyclic) bond motifs is 2. The molecule has 1 aromatic carbocycles. The predicted octanol–water partition coefficient (Wildman–Crippen LogP) is 1.40. The highest BCUT2D eigenvalue weighted by atomic mass is 32.2. The number of hydrogen-bond donors (Lipinski definition) is 2. The topological polar surface area (TPSA) is 72.2 Å². The molecule has 2 bridgehead atoms. The van der Waals surface area contributed by atoms with Crippen LogP contribution < -0.4 is 10.5 Å². The molecule has 104 valence electrons. The molecule has 3 rings (SSSR count). The lowest BCUT2D eigenvalue weighted by Crippen LogP contribution is -2.50. The summed E-state index contributed by atoms with van der Waals surface area (Å²) in [7, 11) is -3.45. The Balaban J connectivity index is 1.80. The first kappa shape index (κ1) is 13.1. The quantitative estimate of drug-likeness (QED) is 0.879. The van der Waals surface area contributed by atoms with Gasteiger partial charge in [-0.25, -0.2) is 13.1 Å². The van der Waals surface area contributed by atoms with Gasteiger partial charge in [-0.15, -0.1) is 0 Å². The fourth-order valence-electron chi connectivity index (χ4n) is 3.48. The van der Waals surface area contributed by atoms with Gasteiger partial charge in [0.1, 0.15) is 0 Å². The summed E-state index contributed by atoms with van der Waals surface area (Å²) in [5.74, 6) is 0.913. The molecule has 4 nitrogen and oxygen atoms in total. The summed E-state index contributed by atoms with van der Waals surface area (Å²) in [4.78, 5) is 0.327. The molecule has 2 aliphatic rings.